The number of benzene rings is 4. The van der Waals surface area contributed by atoms with Gasteiger partial charge in [-0.15, -0.1) is 0 Å². The number of hydrogen-bond acceptors (Lipinski definition) is 8. The van der Waals surface area contributed by atoms with E-state index in [0.29, 0.717) is 57.5 Å². The van der Waals surface area contributed by atoms with Crippen LogP contribution in [0.2, 0.25) is 0 Å². The second kappa shape index (κ2) is 13.1. The van der Waals surface area contributed by atoms with Gasteiger partial charge in [-0.05, 0) is 101 Å². The van der Waals surface area contributed by atoms with Gasteiger partial charge in [0.2, 0.25) is 0 Å². The third-order valence-corrected chi connectivity index (χ3v) is 7.32. The van der Waals surface area contributed by atoms with Crippen molar-refractivity contribution < 1.29 is 20.4 Å². The van der Waals surface area contributed by atoms with Crippen molar-refractivity contribution in [2.75, 3.05) is 13.1 Å². The summed E-state index contributed by atoms with van der Waals surface area (Å²) >= 11 is 0. The van der Waals surface area contributed by atoms with Crippen molar-refractivity contribution >= 4 is 34.6 Å². The Hall–Kier alpha value is -4.98. The zero-order valence-corrected chi connectivity index (χ0v) is 26.1. The van der Waals surface area contributed by atoms with Crippen LogP contribution in [0.15, 0.2) is 92.8 Å². The van der Waals surface area contributed by atoms with Gasteiger partial charge in [-0.1, -0.05) is 24.3 Å². The van der Waals surface area contributed by atoms with Crippen LogP contribution in [0, 0.1) is 0 Å². The zero-order chi connectivity index (χ0) is 32.1. The summed E-state index contributed by atoms with van der Waals surface area (Å²) in [6.07, 6.45) is 3.28. The van der Waals surface area contributed by atoms with Crippen LogP contribution in [-0.4, -0.2) is 68.4 Å². The van der Waals surface area contributed by atoms with E-state index in [1.807, 2.05) is 65.8 Å². The summed E-state index contributed by atoms with van der Waals surface area (Å²) < 4.78 is 0. The van der Waals surface area contributed by atoms with Gasteiger partial charge in [-0.3, -0.25) is 20.0 Å². The Morgan fingerprint density at radius 1 is 0.545 bits per heavy atom. The topological polar surface area (TPSA) is 130 Å². The number of phenolic OH excluding ortho intramolecular Hbond substituents is 4. The van der Waals surface area contributed by atoms with Gasteiger partial charge in [-0.25, -0.2) is 0 Å². The highest BCUT2D eigenvalue weighted by Gasteiger charge is 2.19. The number of rotatable bonds is 10. The number of fused-ring (bicyclic) bond motifs is 1. The summed E-state index contributed by atoms with van der Waals surface area (Å²) in [5.74, 6) is 0.483. The van der Waals surface area contributed by atoms with Crippen LogP contribution in [0.1, 0.15) is 63.8 Å². The van der Waals surface area contributed by atoms with Gasteiger partial charge in [0.1, 0.15) is 23.0 Å². The lowest BCUT2D eigenvalue weighted by atomic mass is 9.98. The largest absolute Gasteiger partial charge is 0.507 e. The molecule has 0 saturated heterocycles. The standard InChI is InChI=1S/C36H40N4O4/c1-23(25-11-7-9-13-31(25)41)37-21-35(3,4)39-19-29-27-15-18-34(44)30(28(27)16-17-33(29)43)20-40-36(5,6)22-38-24(2)26-12-8-10-14-32(26)42/h7-20,41-44H,21-22H2,1-6H3. The lowest BCUT2D eigenvalue weighted by molar-refractivity contribution is 0.472. The summed E-state index contributed by atoms with van der Waals surface area (Å²) in [6.45, 7) is 12.2. The molecule has 0 heterocycles. The number of phenols is 4. The predicted molar refractivity (Wildman–Crippen MR) is 181 cm³/mol. The van der Waals surface area contributed by atoms with E-state index in [1.54, 1.807) is 61.0 Å². The zero-order valence-electron chi connectivity index (χ0n) is 26.1. The molecule has 44 heavy (non-hydrogen) atoms. The smallest absolute Gasteiger partial charge is 0.124 e. The molecule has 0 atom stereocenters. The maximum Gasteiger partial charge on any atom is 0.124 e. The number of aliphatic imine (C=N–C) groups is 4. The summed E-state index contributed by atoms with van der Waals surface area (Å²) in [6, 6.07) is 20.8. The Labute approximate surface area is 258 Å². The predicted octanol–water partition coefficient (Wildman–Crippen LogP) is 7.08. The highest BCUT2D eigenvalue weighted by molar-refractivity contribution is 6.10. The van der Waals surface area contributed by atoms with E-state index in [1.165, 1.54) is 0 Å². The lowest BCUT2D eigenvalue weighted by Gasteiger charge is -2.19. The molecule has 0 aliphatic carbocycles. The molecule has 0 aliphatic heterocycles. The van der Waals surface area contributed by atoms with Crippen molar-refractivity contribution in [3.05, 3.63) is 95.1 Å². The van der Waals surface area contributed by atoms with Crippen LogP contribution in [0.25, 0.3) is 10.8 Å². The van der Waals surface area contributed by atoms with Crippen LogP contribution in [0.5, 0.6) is 23.0 Å². The lowest BCUT2D eigenvalue weighted by Crippen LogP contribution is -2.22. The molecule has 0 amide bonds. The van der Waals surface area contributed by atoms with Gasteiger partial charge in [0.15, 0.2) is 0 Å². The molecule has 0 aliphatic rings. The van der Waals surface area contributed by atoms with Crippen LogP contribution >= 0.6 is 0 Å². The van der Waals surface area contributed by atoms with Crippen molar-refractivity contribution in [2.24, 2.45) is 20.0 Å². The summed E-state index contributed by atoms with van der Waals surface area (Å²) in [5, 5.41) is 43.3. The summed E-state index contributed by atoms with van der Waals surface area (Å²) in [7, 11) is 0. The Morgan fingerprint density at radius 3 is 1.27 bits per heavy atom. The fourth-order valence-electron chi connectivity index (χ4n) is 4.61. The van der Waals surface area contributed by atoms with E-state index < -0.39 is 11.1 Å². The molecule has 0 unspecified atom stereocenters. The minimum absolute atomic E-state index is 0.0637. The van der Waals surface area contributed by atoms with Crippen LogP contribution in [-0.2, 0) is 0 Å². The third kappa shape index (κ3) is 7.69. The van der Waals surface area contributed by atoms with Gasteiger partial charge >= 0.3 is 0 Å². The van der Waals surface area contributed by atoms with Crippen molar-refractivity contribution in [3.63, 3.8) is 0 Å². The number of aromatic hydroxyl groups is 4. The Balaban J connectivity index is 1.59. The molecule has 4 N–H and O–H groups in total. The maximum atomic E-state index is 10.8. The Morgan fingerprint density at radius 2 is 0.909 bits per heavy atom. The van der Waals surface area contributed by atoms with Crippen molar-refractivity contribution in [1.82, 2.24) is 0 Å². The molecule has 4 aromatic rings. The van der Waals surface area contributed by atoms with Crippen LogP contribution in [0.4, 0.5) is 0 Å². The quantitative estimate of drug-likeness (QED) is 0.147. The first-order valence-electron chi connectivity index (χ1n) is 14.4. The monoisotopic (exact) mass is 592 g/mol. The SMILES string of the molecule is CC(=NCC(C)(C)N=Cc1c(O)ccc2c(C=NC(C)(C)CN=C(C)c3ccccc3O)c(O)ccc12)c1ccccc1O. The minimum atomic E-state index is -0.597. The molecule has 0 saturated carbocycles. The molecular weight excluding hydrogens is 552 g/mol. The molecule has 4 rings (SSSR count). The second-order valence-corrected chi connectivity index (χ2v) is 12.1. The third-order valence-electron chi connectivity index (χ3n) is 7.32. The first-order valence-corrected chi connectivity index (χ1v) is 14.4. The highest BCUT2D eigenvalue weighted by Crippen LogP contribution is 2.32. The van der Waals surface area contributed by atoms with Gasteiger partial charge in [-0.2, -0.15) is 0 Å². The van der Waals surface area contributed by atoms with E-state index in [9.17, 15) is 20.4 Å². The van der Waals surface area contributed by atoms with Crippen molar-refractivity contribution in [1.29, 1.82) is 0 Å². The summed E-state index contributed by atoms with van der Waals surface area (Å²) in [5.41, 5.74) is 2.62. The molecule has 8 nitrogen and oxygen atoms in total. The van der Waals surface area contributed by atoms with Crippen LogP contribution < -0.4 is 0 Å². The molecule has 0 spiro atoms. The fourth-order valence-corrected chi connectivity index (χ4v) is 4.61. The van der Waals surface area contributed by atoms with E-state index in [0.717, 1.165) is 0 Å². The van der Waals surface area contributed by atoms with Crippen LogP contribution in [0.3, 0.4) is 0 Å². The van der Waals surface area contributed by atoms with Gasteiger partial charge in [0, 0.05) is 46.1 Å². The Kier molecular flexibility index (Phi) is 9.53. The molecule has 4 aromatic carbocycles. The van der Waals surface area contributed by atoms with E-state index in [2.05, 4.69) is 9.98 Å². The molecule has 0 aromatic heterocycles. The molecule has 0 fully saturated rings. The fraction of sp³-hybridized carbons (Fsp3) is 0.278. The minimum Gasteiger partial charge on any atom is -0.507 e. The second-order valence-electron chi connectivity index (χ2n) is 12.1. The number of hydrogen-bond donors (Lipinski definition) is 4. The molecule has 0 radical (unpaired) electrons. The molecule has 0 bridgehead atoms. The maximum absolute atomic E-state index is 10.8. The summed E-state index contributed by atoms with van der Waals surface area (Å²) in [4.78, 5) is 18.8. The van der Waals surface area contributed by atoms with E-state index in [4.69, 9.17) is 9.98 Å². The molecule has 8 heteroatoms. The van der Waals surface area contributed by atoms with Crippen molar-refractivity contribution in [3.8, 4) is 23.0 Å². The van der Waals surface area contributed by atoms with Crippen molar-refractivity contribution in [2.45, 2.75) is 52.6 Å². The number of nitrogens with zero attached hydrogens (tertiary/aromatic N) is 4. The van der Waals surface area contributed by atoms with E-state index >= 15 is 0 Å². The number of para-hydroxylation sites is 2. The molecular formula is C36H40N4O4. The van der Waals surface area contributed by atoms with Gasteiger partial charge in [0.25, 0.3) is 0 Å². The average molecular weight is 593 g/mol. The first kappa shape index (κ1) is 31.9. The van der Waals surface area contributed by atoms with E-state index in [-0.39, 0.29) is 23.0 Å². The van der Waals surface area contributed by atoms with Gasteiger partial charge < -0.3 is 20.4 Å². The first-order chi connectivity index (χ1) is 20.8. The van der Waals surface area contributed by atoms with Gasteiger partial charge in [0.05, 0.1) is 24.2 Å². The molecule has 228 valence electrons. The highest BCUT2D eigenvalue weighted by atomic mass is 16.3. The Bertz CT molecular complexity index is 1650. The normalized spacial score (nSPS) is 13.4. The average Bonchev–Trinajstić information content (AvgIpc) is 2.98.